The summed E-state index contributed by atoms with van der Waals surface area (Å²) in [6.07, 6.45) is 3.68. The van der Waals surface area contributed by atoms with Crippen LogP contribution >= 0.6 is 0 Å². The van der Waals surface area contributed by atoms with Crippen molar-refractivity contribution in [3.8, 4) is 0 Å². The molecule has 0 aliphatic carbocycles. The Kier molecular flexibility index (Phi) is 5.25. The van der Waals surface area contributed by atoms with Gasteiger partial charge in [0, 0.05) is 31.7 Å². The zero-order chi connectivity index (χ0) is 19.7. The Hall–Kier alpha value is -2.18. The Morgan fingerprint density at radius 2 is 1.61 bits per heavy atom. The molecular weight excluding hydrogens is 372 g/mol. The van der Waals surface area contributed by atoms with Crippen LogP contribution in [0.5, 0.6) is 0 Å². The minimum Gasteiger partial charge on any atom is -0.334 e. The number of nitrogens with zero attached hydrogens (tertiary/aromatic N) is 2. The summed E-state index contributed by atoms with van der Waals surface area (Å²) in [5.74, 6) is -0.00468. The fourth-order valence-electron chi connectivity index (χ4n) is 4.00. The summed E-state index contributed by atoms with van der Waals surface area (Å²) in [5, 5.41) is 0. The smallest absolute Gasteiger partial charge is 0.254 e. The summed E-state index contributed by atoms with van der Waals surface area (Å²) in [7, 11) is -3.46. The van der Waals surface area contributed by atoms with Crippen molar-refractivity contribution in [3.63, 3.8) is 0 Å². The summed E-state index contributed by atoms with van der Waals surface area (Å²) >= 11 is 0. The normalized spacial score (nSPS) is 18.0. The number of hydrogen-bond donors (Lipinski definition) is 0. The van der Waals surface area contributed by atoms with Gasteiger partial charge in [0.1, 0.15) is 0 Å². The molecule has 28 heavy (non-hydrogen) atoms. The first kappa shape index (κ1) is 19.2. The average molecular weight is 399 g/mol. The van der Waals surface area contributed by atoms with Crippen LogP contribution in [0.3, 0.4) is 0 Å². The molecule has 2 aromatic rings. The number of benzene rings is 2. The van der Waals surface area contributed by atoms with E-state index in [1.807, 2.05) is 42.2 Å². The van der Waals surface area contributed by atoms with Crippen molar-refractivity contribution in [2.24, 2.45) is 0 Å². The van der Waals surface area contributed by atoms with E-state index in [2.05, 4.69) is 0 Å². The maximum Gasteiger partial charge on any atom is 0.254 e. The van der Waals surface area contributed by atoms with Gasteiger partial charge in [0.25, 0.3) is 5.91 Å². The average Bonchev–Trinajstić information content (AvgIpc) is 2.73. The van der Waals surface area contributed by atoms with E-state index >= 15 is 0 Å². The van der Waals surface area contributed by atoms with Gasteiger partial charge < -0.3 is 4.90 Å². The molecule has 148 valence electrons. The Morgan fingerprint density at radius 1 is 0.893 bits per heavy atom. The van der Waals surface area contributed by atoms with Crippen molar-refractivity contribution < 1.29 is 13.2 Å². The fraction of sp³-hybridized carbons (Fsp3) is 0.409. The van der Waals surface area contributed by atoms with Gasteiger partial charge in [-0.15, -0.1) is 0 Å². The molecular formula is C22H26N2O3S. The monoisotopic (exact) mass is 398 g/mol. The Morgan fingerprint density at radius 3 is 2.32 bits per heavy atom. The van der Waals surface area contributed by atoms with E-state index in [0.717, 1.165) is 42.4 Å². The van der Waals surface area contributed by atoms with E-state index in [4.69, 9.17) is 0 Å². The molecule has 6 heteroatoms. The largest absolute Gasteiger partial charge is 0.334 e. The van der Waals surface area contributed by atoms with Crippen molar-refractivity contribution in [1.82, 2.24) is 9.21 Å². The van der Waals surface area contributed by atoms with E-state index in [1.54, 1.807) is 16.4 Å². The van der Waals surface area contributed by atoms with Gasteiger partial charge in [0.15, 0.2) is 0 Å². The second kappa shape index (κ2) is 7.68. The van der Waals surface area contributed by atoms with Gasteiger partial charge in [-0.25, -0.2) is 8.42 Å². The molecule has 1 saturated heterocycles. The lowest BCUT2D eigenvalue weighted by Gasteiger charge is -2.30. The number of hydrogen-bond acceptors (Lipinski definition) is 3. The van der Waals surface area contributed by atoms with E-state index in [1.165, 1.54) is 0 Å². The Balaban J connectivity index is 1.57. The number of piperidine rings is 1. The van der Waals surface area contributed by atoms with Crippen LogP contribution in [0.15, 0.2) is 47.4 Å². The number of carbonyl (C=O) groups excluding carboxylic acids is 1. The quantitative estimate of drug-likeness (QED) is 0.797. The molecule has 5 nitrogen and oxygen atoms in total. The van der Waals surface area contributed by atoms with E-state index in [0.29, 0.717) is 36.6 Å². The highest BCUT2D eigenvalue weighted by Crippen LogP contribution is 2.26. The molecule has 1 fully saturated rings. The van der Waals surface area contributed by atoms with Crippen LogP contribution in [-0.2, 0) is 23.0 Å². The second-order valence-electron chi connectivity index (χ2n) is 7.74. The first-order valence-corrected chi connectivity index (χ1v) is 11.4. The van der Waals surface area contributed by atoms with Gasteiger partial charge in [0.05, 0.1) is 4.90 Å². The minimum atomic E-state index is -3.46. The molecule has 2 aliphatic heterocycles. The zero-order valence-corrected chi connectivity index (χ0v) is 17.0. The fourth-order valence-corrected chi connectivity index (χ4v) is 5.57. The number of fused-ring (bicyclic) bond motifs is 1. The van der Waals surface area contributed by atoms with Gasteiger partial charge in [-0.2, -0.15) is 4.31 Å². The molecule has 2 heterocycles. The lowest BCUT2D eigenvalue weighted by atomic mass is 9.99. The molecule has 0 N–H and O–H groups in total. The topological polar surface area (TPSA) is 57.7 Å². The summed E-state index contributed by atoms with van der Waals surface area (Å²) in [6.45, 7) is 4.29. The predicted octanol–water partition coefficient (Wildman–Crippen LogP) is 3.37. The lowest BCUT2D eigenvalue weighted by molar-refractivity contribution is 0.0734. The van der Waals surface area contributed by atoms with Gasteiger partial charge in [-0.1, -0.05) is 30.2 Å². The number of aryl methyl sites for hydroxylation is 1. The summed E-state index contributed by atoms with van der Waals surface area (Å²) < 4.78 is 27.6. The van der Waals surface area contributed by atoms with Crippen LogP contribution < -0.4 is 0 Å². The highest BCUT2D eigenvalue weighted by molar-refractivity contribution is 7.89. The minimum absolute atomic E-state index is 0.00468. The van der Waals surface area contributed by atoms with Crippen LogP contribution in [0.4, 0.5) is 0 Å². The summed E-state index contributed by atoms with van der Waals surface area (Å²) in [4.78, 5) is 15.0. The standard InChI is InChI=1S/C22H26N2O3S/c1-17-5-7-19(8-6-17)22(25)23-14-11-18-9-10-21(15-20(18)16-23)28(26,27)24-12-3-2-4-13-24/h5-10,15H,2-4,11-14,16H2,1H3. The van der Waals surface area contributed by atoms with Crippen LogP contribution in [0.1, 0.15) is 46.3 Å². The highest BCUT2D eigenvalue weighted by atomic mass is 32.2. The van der Waals surface area contributed by atoms with Crippen LogP contribution in [0.2, 0.25) is 0 Å². The van der Waals surface area contributed by atoms with E-state index in [-0.39, 0.29) is 5.91 Å². The van der Waals surface area contributed by atoms with Crippen LogP contribution in [0, 0.1) is 6.92 Å². The van der Waals surface area contributed by atoms with Crippen molar-refractivity contribution in [3.05, 3.63) is 64.7 Å². The number of rotatable bonds is 3. The summed E-state index contributed by atoms with van der Waals surface area (Å²) in [5.41, 5.74) is 3.86. The Labute approximate surface area is 167 Å². The van der Waals surface area contributed by atoms with Gasteiger partial charge in [0.2, 0.25) is 10.0 Å². The maximum absolute atomic E-state index is 13.0. The number of carbonyl (C=O) groups is 1. The number of amides is 1. The molecule has 0 bridgehead atoms. The third-order valence-corrected chi connectivity index (χ3v) is 7.62. The van der Waals surface area contributed by atoms with E-state index < -0.39 is 10.0 Å². The molecule has 2 aromatic carbocycles. The third-order valence-electron chi connectivity index (χ3n) is 5.73. The first-order valence-electron chi connectivity index (χ1n) is 9.93. The second-order valence-corrected chi connectivity index (χ2v) is 9.68. The molecule has 0 saturated carbocycles. The molecule has 0 aromatic heterocycles. The van der Waals surface area contributed by atoms with Crippen molar-refractivity contribution in [1.29, 1.82) is 0 Å². The van der Waals surface area contributed by atoms with Crippen molar-refractivity contribution in [2.75, 3.05) is 19.6 Å². The molecule has 4 rings (SSSR count). The zero-order valence-electron chi connectivity index (χ0n) is 16.2. The maximum atomic E-state index is 13.0. The molecule has 1 amide bonds. The highest BCUT2D eigenvalue weighted by Gasteiger charge is 2.28. The first-order chi connectivity index (χ1) is 13.4. The SMILES string of the molecule is Cc1ccc(C(=O)N2CCc3ccc(S(=O)(=O)N4CCCCC4)cc3C2)cc1. The molecule has 0 unspecified atom stereocenters. The van der Waals surface area contributed by atoms with Crippen LogP contribution in [-0.4, -0.2) is 43.2 Å². The molecule has 0 spiro atoms. The molecule has 0 radical (unpaired) electrons. The van der Waals surface area contributed by atoms with E-state index in [9.17, 15) is 13.2 Å². The molecule has 2 aliphatic rings. The predicted molar refractivity (Wildman–Crippen MR) is 109 cm³/mol. The van der Waals surface area contributed by atoms with Crippen LogP contribution in [0.25, 0.3) is 0 Å². The van der Waals surface area contributed by atoms with Gasteiger partial charge in [-0.05, 0) is 61.6 Å². The number of sulfonamides is 1. The van der Waals surface area contributed by atoms with Gasteiger partial charge in [-0.3, -0.25) is 4.79 Å². The van der Waals surface area contributed by atoms with Crippen molar-refractivity contribution >= 4 is 15.9 Å². The van der Waals surface area contributed by atoms with Gasteiger partial charge >= 0.3 is 0 Å². The summed E-state index contributed by atoms with van der Waals surface area (Å²) in [6, 6.07) is 13.0. The third kappa shape index (κ3) is 3.71. The Bertz CT molecular complexity index is 977. The lowest BCUT2D eigenvalue weighted by Crippen LogP contribution is -2.37. The molecule has 0 atom stereocenters. The van der Waals surface area contributed by atoms with Crippen molar-refractivity contribution in [2.45, 2.75) is 44.0 Å².